The summed E-state index contributed by atoms with van der Waals surface area (Å²) in [4.78, 5) is 19.1. The standard InChI is InChI=1S/C14H15N3O2/c1-2-3-10-8-15-14(16-9-10)17-12-6-4-11(5-7-12)13(18)19/h4-9H,2-3H2,1H3,(H,18,19)(H,15,16,17). The highest BCUT2D eigenvalue weighted by molar-refractivity contribution is 5.88. The van der Waals surface area contributed by atoms with E-state index in [1.807, 2.05) is 0 Å². The predicted octanol–water partition coefficient (Wildman–Crippen LogP) is 2.87. The quantitative estimate of drug-likeness (QED) is 0.861. The Bertz CT molecular complexity index is 550. The molecule has 0 unspecified atom stereocenters. The first-order valence-corrected chi connectivity index (χ1v) is 6.10. The lowest BCUT2D eigenvalue weighted by molar-refractivity contribution is 0.0697. The normalized spacial score (nSPS) is 10.2. The van der Waals surface area contributed by atoms with Crippen molar-refractivity contribution in [2.24, 2.45) is 0 Å². The van der Waals surface area contributed by atoms with Crippen molar-refractivity contribution in [2.75, 3.05) is 5.32 Å². The van der Waals surface area contributed by atoms with Crippen molar-refractivity contribution in [3.8, 4) is 0 Å². The number of nitrogens with zero attached hydrogens (tertiary/aromatic N) is 2. The van der Waals surface area contributed by atoms with Crippen LogP contribution in [0.3, 0.4) is 0 Å². The molecule has 19 heavy (non-hydrogen) atoms. The number of benzene rings is 1. The van der Waals surface area contributed by atoms with Gasteiger partial charge in [0.1, 0.15) is 0 Å². The maximum Gasteiger partial charge on any atom is 0.335 e. The molecule has 2 N–H and O–H groups in total. The Labute approximate surface area is 111 Å². The maximum atomic E-state index is 10.7. The molecule has 0 saturated carbocycles. The van der Waals surface area contributed by atoms with Gasteiger partial charge in [0.2, 0.25) is 5.95 Å². The summed E-state index contributed by atoms with van der Waals surface area (Å²) >= 11 is 0. The molecule has 5 nitrogen and oxygen atoms in total. The van der Waals surface area contributed by atoms with Gasteiger partial charge >= 0.3 is 5.97 Å². The minimum atomic E-state index is -0.938. The Morgan fingerprint density at radius 2 is 1.84 bits per heavy atom. The molecule has 0 fully saturated rings. The van der Waals surface area contributed by atoms with Crippen LogP contribution in [-0.4, -0.2) is 21.0 Å². The molecule has 5 heteroatoms. The Morgan fingerprint density at radius 3 is 2.37 bits per heavy atom. The van der Waals surface area contributed by atoms with Crippen LogP contribution >= 0.6 is 0 Å². The molecule has 0 radical (unpaired) electrons. The van der Waals surface area contributed by atoms with Crippen LogP contribution in [0.4, 0.5) is 11.6 Å². The van der Waals surface area contributed by atoms with Crippen molar-refractivity contribution >= 4 is 17.6 Å². The van der Waals surface area contributed by atoms with Gasteiger partial charge in [-0.3, -0.25) is 0 Å². The van der Waals surface area contributed by atoms with Crippen LogP contribution < -0.4 is 5.32 Å². The zero-order valence-electron chi connectivity index (χ0n) is 10.6. The third kappa shape index (κ3) is 3.51. The second-order valence-electron chi connectivity index (χ2n) is 4.17. The van der Waals surface area contributed by atoms with Crippen molar-refractivity contribution in [2.45, 2.75) is 19.8 Å². The fourth-order valence-corrected chi connectivity index (χ4v) is 1.66. The highest BCUT2D eigenvalue weighted by Gasteiger charge is 2.02. The largest absolute Gasteiger partial charge is 0.478 e. The van der Waals surface area contributed by atoms with Crippen molar-refractivity contribution in [3.05, 3.63) is 47.8 Å². The van der Waals surface area contributed by atoms with E-state index in [0.717, 1.165) is 24.1 Å². The zero-order valence-corrected chi connectivity index (χ0v) is 10.6. The highest BCUT2D eigenvalue weighted by Crippen LogP contribution is 2.14. The van der Waals surface area contributed by atoms with Crippen molar-refractivity contribution in [3.63, 3.8) is 0 Å². The number of hydrogen-bond donors (Lipinski definition) is 2. The summed E-state index contributed by atoms with van der Waals surface area (Å²) in [5.74, 6) is -0.436. The lowest BCUT2D eigenvalue weighted by Gasteiger charge is -2.05. The van der Waals surface area contributed by atoms with Crippen LogP contribution in [0.2, 0.25) is 0 Å². The monoisotopic (exact) mass is 257 g/mol. The van der Waals surface area contributed by atoms with Crippen LogP contribution in [0.25, 0.3) is 0 Å². The van der Waals surface area contributed by atoms with Crippen LogP contribution in [0.1, 0.15) is 29.3 Å². The number of anilines is 2. The Morgan fingerprint density at radius 1 is 1.21 bits per heavy atom. The Kier molecular flexibility index (Phi) is 4.07. The first-order chi connectivity index (χ1) is 9.19. The molecule has 98 valence electrons. The lowest BCUT2D eigenvalue weighted by atomic mass is 10.2. The molecule has 0 aliphatic heterocycles. The Balaban J connectivity index is 2.06. The fourth-order valence-electron chi connectivity index (χ4n) is 1.66. The van der Waals surface area contributed by atoms with E-state index in [2.05, 4.69) is 22.2 Å². The van der Waals surface area contributed by atoms with Crippen LogP contribution in [0.5, 0.6) is 0 Å². The van der Waals surface area contributed by atoms with E-state index in [1.54, 1.807) is 24.5 Å². The van der Waals surface area contributed by atoms with Gasteiger partial charge in [0.25, 0.3) is 0 Å². The second kappa shape index (κ2) is 5.95. The number of rotatable bonds is 5. The average molecular weight is 257 g/mol. The van der Waals surface area contributed by atoms with Gasteiger partial charge in [-0.05, 0) is 36.2 Å². The van der Waals surface area contributed by atoms with Gasteiger partial charge in [-0.15, -0.1) is 0 Å². The average Bonchev–Trinajstić information content (AvgIpc) is 2.42. The number of carbonyl (C=O) groups is 1. The molecule has 0 spiro atoms. The molecule has 0 atom stereocenters. The minimum absolute atomic E-state index is 0.254. The molecule has 1 aromatic heterocycles. The summed E-state index contributed by atoms with van der Waals surface area (Å²) in [7, 11) is 0. The minimum Gasteiger partial charge on any atom is -0.478 e. The van der Waals surface area contributed by atoms with Crippen molar-refractivity contribution in [1.82, 2.24) is 9.97 Å². The van der Waals surface area contributed by atoms with Gasteiger partial charge < -0.3 is 10.4 Å². The third-order valence-corrected chi connectivity index (χ3v) is 2.63. The van der Waals surface area contributed by atoms with E-state index < -0.39 is 5.97 Å². The third-order valence-electron chi connectivity index (χ3n) is 2.63. The van der Waals surface area contributed by atoms with Gasteiger partial charge in [-0.25, -0.2) is 14.8 Å². The van der Waals surface area contributed by atoms with Gasteiger partial charge in [0.15, 0.2) is 0 Å². The number of aromatic nitrogens is 2. The number of carboxylic acid groups (broad SMARTS) is 1. The van der Waals surface area contributed by atoms with Crippen LogP contribution in [0, 0.1) is 0 Å². The summed E-state index contributed by atoms with van der Waals surface area (Å²) in [5, 5.41) is 11.8. The molecule has 0 aliphatic carbocycles. The summed E-state index contributed by atoms with van der Waals surface area (Å²) < 4.78 is 0. The lowest BCUT2D eigenvalue weighted by Crippen LogP contribution is -1.99. The van der Waals surface area contributed by atoms with Crippen LogP contribution in [0.15, 0.2) is 36.7 Å². The van der Waals surface area contributed by atoms with E-state index >= 15 is 0 Å². The summed E-state index contributed by atoms with van der Waals surface area (Å²) in [5.41, 5.74) is 2.12. The van der Waals surface area contributed by atoms with E-state index in [9.17, 15) is 4.79 Å². The molecule has 0 amide bonds. The second-order valence-corrected chi connectivity index (χ2v) is 4.17. The predicted molar refractivity (Wildman–Crippen MR) is 72.7 cm³/mol. The smallest absolute Gasteiger partial charge is 0.335 e. The molecule has 0 bridgehead atoms. The van der Waals surface area contributed by atoms with Gasteiger partial charge in [-0.1, -0.05) is 13.3 Å². The summed E-state index contributed by atoms with van der Waals surface area (Å²) in [6, 6.07) is 6.45. The van der Waals surface area contributed by atoms with E-state index in [1.165, 1.54) is 12.1 Å². The zero-order chi connectivity index (χ0) is 13.7. The number of hydrogen-bond acceptors (Lipinski definition) is 4. The van der Waals surface area contributed by atoms with Gasteiger partial charge in [0.05, 0.1) is 5.56 Å². The number of nitrogens with one attached hydrogen (secondary N) is 1. The molecule has 2 aromatic rings. The van der Waals surface area contributed by atoms with Gasteiger partial charge in [-0.2, -0.15) is 0 Å². The SMILES string of the molecule is CCCc1cnc(Nc2ccc(C(=O)O)cc2)nc1. The molecule has 1 aromatic carbocycles. The molecule has 0 saturated heterocycles. The van der Waals surface area contributed by atoms with E-state index in [0.29, 0.717) is 5.95 Å². The molecular formula is C14H15N3O2. The first-order valence-electron chi connectivity index (χ1n) is 6.10. The fraction of sp³-hybridized carbons (Fsp3) is 0.214. The number of aryl methyl sites for hydroxylation is 1. The number of aromatic carboxylic acids is 1. The molecular weight excluding hydrogens is 242 g/mol. The highest BCUT2D eigenvalue weighted by atomic mass is 16.4. The van der Waals surface area contributed by atoms with Crippen molar-refractivity contribution < 1.29 is 9.90 Å². The van der Waals surface area contributed by atoms with E-state index in [4.69, 9.17) is 5.11 Å². The molecule has 2 rings (SSSR count). The van der Waals surface area contributed by atoms with Crippen LogP contribution in [-0.2, 0) is 6.42 Å². The number of carboxylic acids is 1. The first kappa shape index (κ1) is 13.0. The summed E-state index contributed by atoms with van der Waals surface area (Å²) in [6.45, 7) is 2.11. The van der Waals surface area contributed by atoms with Crippen molar-refractivity contribution in [1.29, 1.82) is 0 Å². The molecule has 0 aliphatic rings. The van der Waals surface area contributed by atoms with E-state index in [-0.39, 0.29) is 5.56 Å². The molecule has 1 heterocycles. The van der Waals surface area contributed by atoms with Gasteiger partial charge in [0, 0.05) is 18.1 Å². The summed E-state index contributed by atoms with van der Waals surface area (Å²) in [6.07, 6.45) is 5.62. The maximum absolute atomic E-state index is 10.7. The topological polar surface area (TPSA) is 75.1 Å². The Hall–Kier alpha value is -2.43.